The fourth-order valence-electron chi connectivity index (χ4n) is 8.44. The van der Waals surface area contributed by atoms with Crippen molar-refractivity contribution >= 4 is 54.1 Å². The van der Waals surface area contributed by atoms with Crippen LogP contribution in [0.5, 0.6) is 0 Å². The minimum Gasteiger partial charge on any atom is -0.309 e. The molecule has 5 heteroatoms. The molecule has 11 aromatic rings. The van der Waals surface area contributed by atoms with Crippen LogP contribution in [0.3, 0.4) is 0 Å². The van der Waals surface area contributed by atoms with Gasteiger partial charge >= 0.3 is 0 Å². The lowest BCUT2D eigenvalue weighted by molar-refractivity contribution is 1.07. The summed E-state index contributed by atoms with van der Waals surface area (Å²) in [7, 11) is 0. The molecule has 2 aromatic heterocycles. The number of nitriles is 1. The van der Waals surface area contributed by atoms with Gasteiger partial charge in [0, 0.05) is 32.8 Å². The zero-order valence-corrected chi connectivity index (χ0v) is 30.6. The maximum absolute atomic E-state index is 9.78. The van der Waals surface area contributed by atoms with Crippen LogP contribution in [0, 0.1) is 11.3 Å². The summed E-state index contributed by atoms with van der Waals surface area (Å²) in [5, 5.41) is 19.1. The molecular weight excluding hydrogens is 695 g/mol. The molecule has 0 N–H and O–H groups in total. The van der Waals surface area contributed by atoms with Gasteiger partial charge in [0.05, 0.1) is 28.4 Å². The van der Waals surface area contributed by atoms with Gasteiger partial charge in [0.15, 0.2) is 17.5 Å². The van der Waals surface area contributed by atoms with Crippen LogP contribution >= 0.6 is 0 Å². The van der Waals surface area contributed by atoms with E-state index in [0.717, 1.165) is 49.6 Å². The van der Waals surface area contributed by atoms with Gasteiger partial charge in [0.2, 0.25) is 0 Å². The highest BCUT2D eigenvalue weighted by atomic mass is 15.0. The molecule has 9 aromatic carbocycles. The molecule has 0 aliphatic carbocycles. The number of rotatable bonds is 5. The molecule has 0 saturated heterocycles. The summed E-state index contributed by atoms with van der Waals surface area (Å²) < 4.78 is 2.42. The van der Waals surface area contributed by atoms with Crippen molar-refractivity contribution in [3.8, 4) is 57.0 Å². The van der Waals surface area contributed by atoms with Crippen LogP contribution in [-0.2, 0) is 0 Å². The third-order valence-electron chi connectivity index (χ3n) is 11.0. The van der Waals surface area contributed by atoms with Crippen LogP contribution in [-0.4, -0.2) is 19.5 Å². The van der Waals surface area contributed by atoms with E-state index in [1.807, 2.05) is 48.5 Å². The van der Waals surface area contributed by atoms with Crippen molar-refractivity contribution in [3.63, 3.8) is 0 Å². The molecular formula is C52H31N5. The first-order chi connectivity index (χ1) is 28.2. The molecule has 0 bridgehead atoms. The molecule has 0 aliphatic heterocycles. The number of benzene rings is 9. The summed E-state index contributed by atoms with van der Waals surface area (Å²) >= 11 is 0. The van der Waals surface area contributed by atoms with E-state index in [1.165, 1.54) is 38.1 Å². The Morgan fingerprint density at radius 3 is 1.60 bits per heavy atom. The van der Waals surface area contributed by atoms with E-state index in [4.69, 9.17) is 15.0 Å². The Morgan fingerprint density at radius 1 is 0.351 bits per heavy atom. The number of hydrogen-bond acceptors (Lipinski definition) is 4. The molecule has 0 atom stereocenters. The largest absolute Gasteiger partial charge is 0.309 e. The fourth-order valence-corrected chi connectivity index (χ4v) is 8.44. The van der Waals surface area contributed by atoms with Gasteiger partial charge in [-0.2, -0.15) is 5.26 Å². The molecule has 264 valence electrons. The summed E-state index contributed by atoms with van der Waals surface area (Å²) in [6.45, 7) is 0. The van der Waals surface area contributed by atoms with Crippen LogP contribution < -0.4 is 0 Å². The van der Waals surface area contributed by atoms with E-state index in [-0.39, 0.29) is 0 Å². The second-order valence-corrected chi connectivity index (χ2v) is 14.3. The monoisotopic (exact) mass is 725 g/mol. The number of hydrogen-bond donors (Lipinski definition) is 0. The smallest absolute Gasteiger partial charge is 0.164 e. The van der Waals surface area contributed by atoms with Crippen molar-refractivity contribution < 1.29 is 0 Å². The van der Waals surface area contributed by atoms with E-state index < -0.39 is 0 Å². The zero-order valence-electron chi connectivity index (χ0n) is 30.6. The fraction of sp³-hybridized carbons (Fsp3) is 0. The Morgan fingerprint density at radius 2 is 0.877 bits per heavy atom. The zero-order chi connectivity index (χ0) is 37.9. The number of aromatic nitrogens is 4. The molecule has 0 aliphatic rings. The minimum atomic E-state index is 0.506. The van der Waals surface area contributed by atoms with Crippen LogP contribution in [0.2, 0.25) is 0 Å². The molecule has 57 heavy (non-hydrogen) atoms. The molecule has 5 nitrogen and oxygen atoms in total. The van der Waals surface area contributed by atoms with Crippen LogP contribution in [0.1, 0.15) is 5.56 Å². The van der Waals surface area contributed by atoms with E-state index in [0.29, 0.717) is 23.0 Å². The molecule has 0 amide bonds. The van der Waals surface area contributed by atoms with Gasteiger partial charge in [-0.1, -0.05) is 146 Å². The Labute approximate surface area is 328 Å². The van der Waals surface area contributed by atoms with Gasteiger partial charge in [-0.15, -0.1) is 0 Å². The van der Waals surface area contributed by atoms with Crippen molar-refractivity contribution in [3.05, 3.63) is 194 Å². The normalized spacial score (nSPS) is 11.5. The average Bonchev–Trinajstić information content (AvgIpc) is 3.62. The molecule has 0 saturated carbocycles. The van der Waals surface area contributed by atoms with Crippen LogP contribution in [0.4, 0.5) is 0 Å². The predicted octanol–water partition coefficient (Wildman–Crippen LogP) is 13.0. The SMILES string of the molecule is N#Cc1cccc(-c2nc(-c3ccccc3)nc(-c3cc(-n4c5ccccc5c5cc(-c6ccccc6)ccc54)c4c5ccccc5c5ccccc5c4c3)n2)c1. The van der Waals surface area contributed by atoms with E-state index in [9.17, 15) is 5.26 Å². The standard InChI is InChI=1S/C52H31N5/c53-32-33-14-13-19-37(28-33)51-54-50(35-17-5-2-6-18-35)55-52(56-51)38-30-45-41-22-8-7-20-39(41)40-21-9-10-24-43(40)49(45)48(31-38)57-46-25-12-11-23-42(46)44-29-36(26-27-47(44)57)34-15-3-1-4-16-34/h1-31H. The summed E-state index contributed by atoms with van der Waals surface area (Å²) in [5.74, 6) is 1.62. The summed E-state index contributed by atoms with van der Waals surface area (Å²) in [5.41, 5.74) is 8.67. The molecule has 0 spiro atoms. The van der Waals surface area contributed by atoms with E-state index >= 15 is 0 Å². The third kappa shape index (κ3) is 5.35. The Balaban J connectivity index is 1.28. The number of fused-ring (bicyclic) bond motifs is 9. The van der Waals surface area contributed by atoms with Gasteiger partial charge < -0.3 is 4.57 Å². The average molecular weight is 726 g/mol. The molecule has 0 fully saturated rings. The summed E-state index contributed by atoms with van der Waals surface area (Å²) in [4.78, 5) is 15.3. The highest BCUT2D eigenvalue weighted by Gasteiger charge is 2.21. The van der Waals surface area contributed by atoms with Gasteiger partial charge in [-0.3, -0.25) is 0 Å². The van der Waals surface area contributed by atoms with Crippen molar-refractivity contribution in [2.75, 3.05) is 0 Å². The summed E-state index contributed by atoms with van der Waals surface area (Å²) in [6, 6.07) is 67.7. The van der Waals surface area contributed by atoms with E-state index in [2.05, 4.69) is 144 Å². The second-order valence-electron chi connectivity index (χ2n) is 14.3. The van der Waals surface area contributed by atoms with Crippen LogP contribution in [0.15, 0.2) is 188 Å². The first-order valence-electron chi connectivity index (χ1n) is 19.0. The highest BCUT2D eigenvalue weighted by molar-refractivity contribution is 6.28. The highest BCUT2D eigenvalue weighted by Crippen LogP contribution is 2.44. The maximum atomic E-state index is 9.78. The number of para-hydroxylation sites is 1. The Kier molecular flexibility index (Phi) is 7.48. The Hall–Kier alpha value is -7.94. The van der Waals surface area contributed by atoms with Gasteiger partial charge in [-0.25, -0.2) is 15.0 Å². The van der Waals surface area contributed by atoms with Gasteiger partial charge in [0.25, 0.3) is 0 Å². The molecule has 11 rings (SSSR count). The molecule has 0 radical (unpaired) electrons. The van der Waals surface area contributed by atoms with Crippen LogP contribution in [0.25, 0.3) is 105 Å². The minimum absolute atomic E-state index is 0.506. The van der Waals surface area contributed by atoms with Gasteiger partial charge in [0.1, 0.15) is 0 Å². The van der Waals surface area contributed by atoms with Crippen molar-refractivity contribution in [1.29, 1.82) is 5.26 Å². The Bertz CT molecular complexity index is 3420. The molecule has 2 heterocycles. The van der Waals surface area contributed by atoms with E-state index in [1.54, 1.807) is 6.07 Å². The predicted molar refractivity (Wildman–Crippen MR) is 233 cm³/mol. The second kappa shape index (κ2) is 13.1. The molecule has 0 unspecified atom stereocenters. The topological polar surface area (TPSA) is 67.4 Å². The first-order valence-corrected chi connectivity index (χ1v) is 19.0. The first kappa shape index (κ1) is 32.5. The van der Waals surface area contributed by atoms with Gasteiger partial charge in [-0.05, 0) is 80.5 Å². The summed E-state index contributed by atoms with van der Waals surface area (Å²) in [6.07, 6.45) is 0. The van der Waals surface area contributed by atoms with Crippen molar-refractivity contribution in [1.82, 2.24) is 19.5 Å². The third-order valence-corrected chi connectivity index (χ3v) is 11.0. The lowest BCUT2D eigenvalue weighted by Crippen LogP contribution is -2.02. The maximum Gasteiger partial charge on any atom is 0.164 e. The van der Waals surface area contributed by atoms with Crippen molar-refractivity contribution in [2.24, 2.45) is 0 Å². The lowest BCUT2D eigenvalue weighted by atomic mass is 9.91. The quantitative estimate of drug-likeness (QED) is 0.166. The lowest BCUT2D eigenvalue weighted by Gasteiger charge is -2.18. The van der Waals surface area contributed by atoms with Crippen molar-refractivity contribution in [2.45, 2.75) is 0 Å². The number of nitrogens with zero attached hydrogens (tertiary/aromatic N) is 5.